The van der Waals surface area contributed by atoms with Crippen LogP contribution in [0.3, 0.4) is 0 Å². The molecule has 0 saturated carbocycles. The van der Waals surface area contributed by atoms with Crippen LogP contribution in [0.1, 0.15) is 20.3 Å². The first-order valence-electron chi connectivity index (χ1n) is 5.88. The van der Waals surface area contributed by atoms with Gasteiger partial charge in [-0.3, -0.25) is 0 Å². The van der Waals surface area contributed by atoms with Gasteiger partial charge < -0.3 is 19.6 Å². The van der Waals surface area contributed by atoms with Gasteiger partial charge in [0, 0.05) is 0 Å². The van der Waals surface area contributed by atoms with Crippen molar-refractivity contribution in [2.24, 2.45) is 5.92 Å². The Labute approximate surface area is 110 Å². The summed E-state index contributed by atoms with van der Waals surface area (Å²) in [6, 6.07) is 2.87. The van der Waals surface area contributed by atoms with Crippen LogP contribution < -0.4 is 4.74 Å². The maximum absolute atomic E-state index is 11.3. The van der Waals surface area contributed by atoms with Gasteiger partial charge in [0.2, 0.25) is 5.75 Å². The molecule has 19 heavy (non-hydrogen) atoms. The number of carbonyl (C=O) groups is 1. The average Bonchev–Trinajstić information content (AvgIpc) is 2.36. The summed E-state index contributed by atoms with van der Waals surface area (Å²) in [4.78, 5) is 24.9. The molecule has 0 saturated heterocycles. The van der Waals surface area contributed by atoms with Crippen molar-refractivity contribution in [3.8, 4) is 5.75 Å². The highest BCUT2D eigenvalue weighted by molar-refractivity contribution is 5.71. The Hall–Kier alpha value is -2.18. The maximum atomic E-state index is 11.3. The second-order valence-corrected chi connectivity index (χ2v) is 4.27. The van der Waals surface area contributed by atoms with E-state index in [1.807, 2.05) is 13.8 Å². The van der Waals surface area contributed by atoms with Gasteiger partial charge in [-0.15, -0.1) is 0 Å². The number of ether oxygens (including phenoxy) is 2. The van der Waals surface area contributed by atoms with E-state index in [1.165, 1.54) is 18.3 Å². The molecule has 7 nitrogen and oxygen atoms in total. The zero-order valence-corrected chi connectivity index (χ0v) is 10.9. The summed E-state index contributed by atoms with van der Waals surface area (Å²) in [6.07, 6.45) is 2.05. The van der Waals surface area contributed by atoms with Crippen molar-refractivity contribution in [1.29, 1.82) is 0 Å². The highest BCUT2D eigenvalue weighted by Crippen LogP contribution is 2.22. The molecule has 0 aliphatic carbocycles. The largest absolute Gasteiger partial charge is 0.474 e. The van der Waals surface area contributed by atoms with E-state index in [1.54, 1.807) is 0 Å². The number of hydrogen-bond donors (Lipinski definition) is 0. The fourth-order valence-electron chi connectivity index (χ4n) is 1.22. The monoisotopic (exact) mass is 268 g/mol. The highest BCUT2D eigenvalue weighted by atomic mass is 16.6. The normalized spacial score (nSPS) is 10.3. The molecule has 104 valence electrons. The Morgan fingerprint density at radius 1 is 1.53 bits per heavy atom. The summed E-state index contributed by atoms with van der Waals surface area (Å²) in [7, 11) is 0. The van der Waals surface area contributed by atoms with E-state index in [0.717, 1.165) is 6.42 Å². The average molecular weight is 268 g/mol. The van der Waals surface area contributed by atoms with Crippen LogP contribution >= 0.6 is 0 Å². The van der Waals surface area contributed by atoms with Gasteiger partial charge in [-0.1, -0.05) is 13.8 Å². The highest BCUT2D eigenvalue weighted by Gasteiger charge is 2.16. The molecular weight excluding hydrogens is 252 g/mol. The molecule has 0 spiro atoms. The first-order valence-corrected chi connectivity index (χ1v) is 5.88. The summed E-state index contributed by atoms with van der Waals surface area (Å²) in [5, 5.41) is 10.7. The van der Waals surface area contributed by atoms with Crippen molar-refractivity contribution in [1.82, 2.24) is 4.98 Å². The van der Waals surface area contributed by atoms with Crippen LogP contribution in [0, 0.1) is 16.0 Å². The number of rotatable bonds is 7. The summed E-state index contributed by atoms with van der Waals surface area (Å²) in [6.45, 7) is 3.98. The molecule has 1 aromatic rings. The van der Waals surface area contributed by atoms with Crippen LogP contribution in [0.4, 0.5) is 5.82 Å². The van der Waals surface area contributed by atoms with E-state index in [9.17, 15) is 14.9 Å². The van der Waals surface area contributed by atoms with Crippen LogP contribution in [0.5, 0.6) is 5.75 Å². The Morgan fingerprint density at radius 2 is 2.26 bits per heavy atom. The maximum Gasteiger partial charge on any atom is 0.406 e. The zero-order chi connectivity index (χ0) is 14.3. The predicted molar refractivity (Wildman–Crippen MR) is 66.8 cm³/mol. The lowest BCUT2D eigenvalue weighted by Crippen LogP contribution is -2.16. The molecule has 0 fully saturated rings. The first-order chi connectivity index (χ1) is 9.00. The topological polar surface area (TPSA) is 91.6 Å². The van der Waals surface area contributed by atoms with Gasteiger partial charge in [-0.05, 0) is 34.4 Å². The Balaban J connectivity index is 2.44. The third-order valence-corrected chi connectivity index (χ3v) is 2.23. The number of carbonyl (C=O) groups excluding carboxylic acids is 1. The molecule has 0 N–H and O–H groups in total. The third kappa shape index (κ3) is 5.33. The van der Waals surface area contributed by atoms with Crippen LogP contribution in [0.25, 0.3) is 0 Å². The molecule has 0 unspecified atom stereocenters. The summed E-state index contributed by atoms with van der Waals surface area (Å²) in [5.74, 6) is -0.585. The zero-order valence-electron chi connectivity index (χ0n) is 10.9. The standard InChI is InChI=1S/C12H16N2O5/c1-9(2)5-7-18-11(15)8-19-10-4-3-6-13-12(10)14(16)17/h3-4,6,9H,5,7-8H2,1-2H3. The molecule has 7 heteroatoms. The second kappa shape index (κ2) is 7.30. The predicted octanol–water partition coefficient (Wildman–Crippen LogP) is 1.96. The van der Waals surface area contributed by atoms with Crippen LogP contribution in [-0.2, 0) is 9.53 Å². The number of pyridine rings is 1. The van der Waals surface area contributed by atoms with Gasteiger partial charge in [0.25, 0.3) is 0 Å². The van der Waals surface area contributed by atoms with Crippen LogP contribution in [0.2, 0.25) is 0 Å². The van der Waals surface area contributed by atoms with E-state index >= 15 is 0 Å². The molecule has 0 bridgehead atoms. The molecule has 1 rings (SSSR count). The van der Waals surface area contributed by atoms with Gasteiger partial charge in [0.1, 0.15) is 6.20 Å². The molecular formula is C12H16N2O5. The Morgan fingerprint density at radius 3 is 2.89 bits per heavy atom. The van der Waals surface area contributed by atoms with Gasteiger partial charge >= 0.3 is 11.8 Å². The van der Waals surface area contributed by atoms with E-state index < -0.39 is 16.7 Å². The molecule has 0 aliphatic heterocycles. The summed E-state index contributed by atoms with van der Waals surface area (Å²) in [5.41, 5.74) is 0. The van der Waals surface area contributed by atoms with Crippen molar-refractivity contribution in [2.75, 3.05) is 13.2 Å². The van der Waals surface area contributed by atoms with Gasteiger partial charge in [0.05, 0.1) is 6.61 Å². The minimum atomic E-state index is -0.667. The van der Waals surface area contributed by atoms with E-state index in [0.29, 0.717) is 12.5 Å². The van der Waals surface area contributed by atoms with Gasteiger partial charge in [0.15, 0.2) is 6.61 Å². The third-order valence-electron chi connectivity index (χ3n) is 2.23. The van der Waals surface area contributed by atoms with Crippen LogP contribution in [0.15, 0.2) is 18.3 Å². The van der Waals surface area contributed by atoms with Crippen LogP contribution in [-0.4, -0.2) is 29.1 Å². The lowest BCUT2D eigenvalue weighted by atomic mass is 10.1. The smallest absolute Gasteiger partial charge is 0.406 e. The molecule has 0 radical (unpaired) electrons. The molecule has 1 heterocycles. The van der Waals surface area contributed by atoms with Crippen molar-refractivity contribution in [3.63, 3.8) is 0 Å². The van der Waals surface area contributed by atoms with Crippen molar-refractivity contribution >= 4 is 11.8 Å². The van der Waals surface area contributed by atoms with E-state index in [-0.39, 0.29) is 12.4 Å². The molecule has 0 aliphatic rings. The lowest BCUT2D eigenvalue weighted by molar-refractivity contribution is -0.390. The Bertz CT molecular complexity index is 448. The molecule has 0 amide bonds. The van der Waals surface area contributed by atoms with Crippen molar-refractivity contribution in [2.45, 2.75) is 20.3 Å². The number of esters is 1. The minimum absolute atomic E-state index is 0.0479. The number of aromatic nitrogens is 1. The minimum Gasteiger partial charge on any atom is -0.474 e. The van der Waals surface area contributed by atoms with Crippen molar-refractivity contribution in [3.05, 3.63) is 28.4 Å². The molecule has 0 aromatic carbocycles. The summed E-state index contributed by atoms with van der Waals surface area (Å²) >= 11 is 0. The number of hydrogen-bond acceptors (Lipinski definition) is 6. The fourth-order valence-corrected chi connectivity index (χ4v) is 1.22. The van der Waals surface area contributed by atoms with Crippen molar-refractivity contribution < 1.29 is 19.2 Å². The SMILES string of the molecule is CC(C)CCOC(=O)COc1cccnc1[N+](=O)[O-]. The van der Waals surface area contributed by atoms with E-state index in [4.69, 9.17) is 9.47 Å². The fraction of sp³-hybridized carbons (Fsp3) is 0.500. The lowest BCUT2D eigenvalue weighted by Gasteiger charge is -2.08. The van der Waals surface area contributed by atoms with E-state index in [2.05, 4.69) is 4.98 Å². The number of nitro groups is 1. The first kappa shape index (κ1) is 14.9. The Kier molecular flexibility index (Phi) is 5.72. The number of nitrogens with zero attached hydrogens (tertiary/aromatic N) is 2. The molecule has 1 aromatic heterocycles. The van der Waals surface area contributed by atoms with Gasteiger partial charge in [-0.2, -0.15) is 0 Å². The van der Waals surface area contributed by atoms with Gasteiger partial charge in [-0.25, -0.2) is 4.79 Å². The quantitative estimate of drug-likeness (QED) is 0.426. The molecule has 0 atom stereocenters. The summed E-state index contributed by atoms with van der Waals surface area (Å²) < 4.78 is 9.96. The second-order valence-electron chi connectivity index (χ2n) is 4.27.